The van der Waals surface area contributed by atoms with E-state index in [0.29, 0.717) is 25.2 Å². The molecule has 1 aromatic heterocycles. The van der Waals surface area contributed by atoms with Crippen LogP contribution in [0.1, 0.15) is 35.8 Å². The molecule has 2 heterocycles. The van der Waals surface area contributed by atoms with Crippen LogP contribution in [0.4, 0.5) is 4.39 Å². The molecule has 1 fully saturated rings. The van der Waals surface area contributed by atoms with Gasteiger partial charge in [-0.25, -0.2) is 4.39 Å². The largest absolute Gasteiger partial charge is 0.468 e. The second-order valence-electron chi connectivity index (χ2n) is 7.74. The lowest BCUT2D eigenvalue weighted by atomic mass is 10.1. The summed E-state index contributed by atoms with van der Waals surface area (Å²) in [6.45, 7) is 4.04. The minimum absolute atomic E-state index is 0. The quantitative estimate of drug-likeness (QED) is 0.311. The Labute approximate surface area is 195 Å². The Morgan fingerprint density at radius 2 is 2.00 bits per heavy atom. The maximum atomic E-state index is 14.0. The number of hydrogen-bond acceptors (Lipinski definition) is 4. The van der Waals surface area contributed by atoms with Crippen molar-refractivity contribution in [2.45, 2.75) is 32.0 Å². The topological polar surface area (TPSA) is 56.0 Å². The summed E-state index contributed by atoms with van der Waals surface area (Å²) in [6.07, 6.45) is 4.18. The molecular weight excluding hydrogens is 496 g/mol. The number of benzene rings is 1. The van der Waals surface area contributed by atoms with Gasteiger partial charge in [-0.1, -0.05) is 6.07 Å². The zero-order chi connectivity index (χ0) is 20.6. The van der Waals surface area contributed by atoms with E-state index in [1.807, 2.05) is 43.3 Å². The number of aliphatic imine (C=N–C) groups is 1. The van der Waals surface area contributed by atoms with E-state index in [4.69, 9.17) is 4.42 Å². The maximum absolute atomic E-state index is 14.0. The normalized spacial score (nSPS) is 15.8. The van der Waals surface area contributed by atoms with Gasteiger partial charge in [0.15, 0.2) is 5.96 Å². The lowest BCUT2D eigenvalue weighted by Gasteiger charge is -2.26. The second kappa shape index (κ2) is 12.3. The van der Waals surface area contributed by atoms with Gasteiger partial charge >= 0.3 is 0 Å². The summed E-state index contributed by atoms with van der Waals surface area (Å²) in [7, 11) is 5.63. The fourth-order valence-corrected chi connectivity index (χ4v) is 3.74. The van der Waals surface area contributed by atoms with Crippen molar-refractivity contribution in [3.05, 3.63) is 59.3 Å². The molecule has 2 N–H and O–H groups in total. The number of guanidine groups is 1. The minimum Gasteiger partial charge on any atom is -0.468 e. The van der Waals surface area contributed by atoms with Crippen molar-refractivity contribution in [1.82, 2.24) is 20.4 Å². The number of furan rings is 1. The van der Waals surface area contributed by atoms with Gasteiger partial charge < -0.3 is 20.0 Å². The van der Waals surface area contributed by atoms with Crippen molar-refractivity contribution < 1.29 is 8.81 Å². The summed E-state index contributed by atoms with van der Waals surface area (Å²) in [5, 5.41) is 6.75. The van der Waals surface area contributed by atoms with E-state index in [-0.39, 0.29) is 35.8 Å². The van der Waals surface area contributed by atoms with Crippen molar-refractivity contribution in [3.63, 3.8) is 0 Å². The summed E-state index contributed by atoms with van der Waals surface area (Å²) in [6, 6.07) is 9.41. The predicted octanol–water partition coefficient (Wildman–Crippen LogP) is 3.60. The molecule has 1 aliphatic rings. The maximum Gasteiger partial charge on any atom is 0.191 e. The monoisotopic (exact) mass is 529 g/mol. The molecule has 8 heteroatoms. The third-order valence-corrected chi connectivity index (χ3v) is 5.20. The van der Waals surface area contributed by atoms with Crippen LogP contribution in [0, 0.1) is 5.82 Å². The van der Waals surface area contributed by atoms with Gasteiger partial charge in [-0.2, -0.15) is 0 Å². The van der Waals surface area contributed by atoms with Gasteiger partial charge in [0.1, 0.15) is 11.6 Å². The molecule has 0 radical (unpaired) electrons. The van der Waals surface area contributed by atoms with Crippen molar-refractivity contribution in [2.24, 2.45) is 4.99 Å². The molecule has 1 aliphatic heterocycles. The van der Waals surface area contributed by atoms with Crippen LogP contribution in [0.3, 0.4) is 0 Å². The van der Waals surface area contributed by atoms with E-state index >= 15 is 0 Å². The lowest BCUT2D eigenvalue weighted by Crippen LogP contribution is -2.42. The first-order valence-electron chi connectivity index (χ1n) is 10.2. The molecule has 0 saturated carbocycles. The summed E-state index contributed by atoms with van der Waals surface area (Å²) in [5.41, 5.74) is 1.72. The van der Waals surface area contributed by atoms with Crippen LogP contribution >= 0.6 is 24.0 Å². The van der Waals surface area contributed by atoms with Crippen LogP contribution in [-0.4, -0.2) is 56.5 Å². The molecular formula is C22H33FIN5O. The zero-order valence-corrected chi connectivity index (χ0v) is 20.4. The van der Waals surface area contributed by atoms with Crippen LogP contribution in [-0.2, 0) is 13.1 Å². The molecule has 0 aliphatic carbocycles. The van der Waals surface area contributed by atoms with Crippen LogP contribution in [0.25, 0.3) is 0 Å². The third kappa shape index (κ3) is 6.95. The molecule has 166 valence electrons. The number of rotatable bonds is 8. The van der Waals surface area contributed by atoms with E-state index in [9.17, 15) is 4.39 Å². The number of hydrogen-bond donors (Lipinski definition) is 2. The van der Waals surface area contributed by atoms with Crippen molar-refractivity contribution >= 4 is 29.9 Å². The molecule has 1 unspecified atom stereocenters. The summed E-state index contributed by atoms with van der Waals surface area (Å²) >= 11 is 0. The fourth-order valence-electron chi connectivity index (χ4n) is 3.74. The Morgan fingerprint density at radius 3 is 2.63 bits per heavy atom. The molecule has 0 spiro atoms. The lowest BCUT2D eigenvalue weighted by molar-refractivity contribution is 0.215. The Balaban J connectivity index is 0.00000320. The van der Waals surface area contributed by atoms with Gasteiger partial charge in [-0.05, 0) is 69.9 Å². The van der Waals surface area contributed by atoms with E-state index < -0.39 is 0 Å². The molecule has 1 aromatic carbocycles. The zero-order valence-electron chi connectivity index (χ0n) is 18.0. The van der Waals surface area contributed by atoms with Crippen LogP contribution in [0.15, 0.2) is 46.0 Å². The number of likely N-dealkylation sites (tertiary alicyclic amines) is 1. The first kappa shape index (κ1) is 24.6. The standard InChI is InChI=1S/C22H32FN5O.HI/c1-24-22(25-14-17-8-9-19(23)18(13-17)16-27(2)3)26-15-20(21-7-6-12-29-21)28-10-4-5-11-28;/h6-9,12-13,20H,4-5,10-11,14-16H2,1-3H3,(H2,24,25,26);1H. The SMILES string of the molecule is CN=C(NCc1ccc(F)c(CN(C)C)c1)NCC(c1ccco1)N1CCCC1.I. The second-order valence-corrected chi connectivity index (χ2v) is 7.74. The first-order valence-corrected chi connectivity index (χ1v) is 10.2. The summed E-state index contributed by atoms with van der Waals surface area (Å²) in [5.74, 6) is 1.53. The molecule has 0 amide bonds. The Bertz CT molecular complexity index is 791. The van der Waals surface area contributed by atoms with E-state index in [2.05, 4.69) is 20.5 Å². The third-order valence-electron chi connectivity index (χ3n) is 5.20. The molecule has 1 saturated heterocycles. The number of nitrogens with one attached hydrogen (secondary N) is 2. The average molecular weight is 529 g/mol. The van der Waals surface area contributed by atoms with Crippen LogP contribution < -0.4 is 10.6 Å². The van der Waals surface area contributed by atoms with Gasteiger partial charge in [-0.15, -0.1) is 24.0 Å². The predicted molar refractivity (Wildman–Crippen MR) is 130 cm³/mol. The molecule has 2 aromatic rings. The Morgan fingerprint density at radius 1 is 1.23 bits per heavy atom. The summed E-state index contributed by atoms with van der Waals surface area (Å²) in [4.78, 5) is 8.75. The van der Waals surface area contributed by atoms with Gasteiger partial charge in [0.2, 0.25) is 0 Å². The van der Waals surface area contributed by atoms with Gasteiger partial charge in [0.25, 0.3) is 0 Å². The fraction of sp³-hybridized carbons (Fsp3) is 0.500. The van der Waals surface area contributed by atoms with Gasteiger partial charge in [-0.3, -0.25) is 9.89 Å². The molecule has 1 atom stereocenters. The van der Waals surface area contributed by atoms with E-state index in [0.717, 1.165) is 30.4 Å². The highest BCUT2D eigenvalue weighted by Crippen LogP contribution is 2.24. The molecule has 3 rings (SSSR count). The van der Waals surface area contributed by atoms with E-state index in [1.165, 1.54) is 18.9 Å². The Hall–Kier alpha value is -1.65. The number of halogens is 2. The molecule has 30 heavy (non-hydrogen) atoms. The van der Waals surface area contributed by atoms with Crippen LogP contribution in [0.2, 0.25) is 0 Å². The van der Waals surface area contributed by atoms with Crippen molar-refractivity contribution in [2.75, 3.05) is 40.8 Å². The first-order chi connectivity index (χ1) is 14.1. The number of nitrogens with zero attached hydrogens (tertiary/aromatic N) is 3. The minimum atomic E-state index is -0.170. The van der Waals surface area contributed by atoms with Crippen molar-refractivity contribution in [1.29, 1.82) is 0 Å². The smallest absolute Gasteiger partial charge is 0.191 e. The molecule has 6 nitrogen and oxygen atoms in total. The van der Waals surface area contributed by atoms with Crippen molar-refractivity contribution in [3.8, 4) is 0 Å². The Kier molecular flexibility index (Phi) is 10.1. The molecule has 0 bridgehead atoms. The summed E-state index contributed by atoms with van der Waals surface area (Å²) < 4.78 is 19.7. The average Bonchev–Trinajstić information content (AvgIpc) is 3.41. The van der Waals surface area contributed by atoms with E-state index in [1.54, 1.807) is 13.3 Å². The van der Waals surface area contributed by atoms with Gasteiger partial charge in [0.05, 0.1) is 12.3 Å². The highest BCUT2D eigenvalue weighted by atomic mass is 127. The highest BCUT2D eigenvalue weighted by molar-refractivity contribution is 14.0. The van der Waals surface area contributed by atoms with Gasteiger partial charge in [0, 0.05) is 32.2 Å². The highest BCUT2D eigenvalue weighted by Gasteiger charge is 2.25. The van der Waals surface area contributed by atoms with Crippen LogP contribution in [0.5, 0.6) is 0 Å².